The maximum absolute atomic E-state index is 13.0. The second-order valence-corrected chi connectivity index (χ2v) is 10.3. The molecule has 2 aliphatic heterocycles. The molecule has 3 aliphatic rings. The Morgan fingerprint density at radius 2 is 1.62 bits per heavy atom. The molecule has 1 aromatic carbocycles. The van der Waals surface area contributed by atoms with Gasteiger partial charge in [-0.15, -0.1) is 0 Å². The predicted octanol–water partition coefficient (Wildman–Crippen LogP) is 1.25. The molecule has 4 rings (SSSR count). The third-order valence-electron chi connectivity index (χ3n) is 6.13. The fourth-order valence-corrected chi connectivity index (χ4v) is 5.57. The van der Waals surface area contributed by atoms with Crippen LogP contribution in [0.3, 0.4) is 0 Å². The number of hydrogen-bond acceptors (Lipinski definition) is 7. The third kappa shape index (κ3) is 4.55. The number of anilines is 1. The highest BCUT2D eigenvalue weighted by molar-refractivity contribution is 7.89. The Hall–Kier alpha value is -1.75. The van der Waals surface area contributed by atoms with Gasteiger partial charge in [0.05, 0.1) is 9.82 Å². The van der Waals surface area contributed by atoms with Gasteiger partial charge < -0.3 is 15.1 Å². The number of nitrogens with zero attached hydrogens (tertiary/aromatic N) is 4. The van der Waals surface area contributed by atoms with Crippen LogP contribution in [0.15, 0.2) is 23.1 Å². The molecule has 3 fully saturated rings. The van der Waals surface area contributed by atoms with Gasteiger partial charge in [-0.1, -0.05) is 0 Å². The Morgan fingerprint density at radius 3 is 2.21 bits per heavy atom. The fraction of sp³-hybridized carbons (Fsp3) is 0.684. The van der Waals surface area contributed by atoms with Crippen LogP contribution in [0, 0.1) is 10.1 Å². The number of nitro benzene ring substituents is 1. The number of likely N-dealkylation sites (N-methyl/N-ethyl adjacent to an activating group) is 1. The molecule has 0 bridgehead atoms. The third-order valence-corrected chi connectivity index (χ3v) is 8.02. The van der Waals surface area contributed by atoms with Crippen LogP contribution in [-0.2, 0) is 10.0 Å². The van der Waals surface area contributed by atoms with Crippen molar-refractivity contribution in [1.82, 2.24) is 14.5 Å². The molecule has 2 saturated heterocycles. The van der Waals surface area contributed by atoms with Gasteiger partial charge in [0.2, 0.25) is 10.0 Å². The number of nitro groups is 1. The fourth-order valence-electron chi connectivity index (χ4n) is 4.13. The van der Waals surface area contributed by atoms with E-state index in [0.29, 0.717) is 44.0 Å². The summed E-state index contributed by atoms with van der Waals surface area (Å²) < 4.78 is 27.4. The van der Waals surface area contributed by atoms with Crippen LogP contribution < -0.4 is 10.2 Å². The van der Waals surface area contributed by atoms with E-state index in [1.165, 1.54) is 29.3 Å². The summed E-state index contributed by atoms with van der Waals surface area (Å²) in [5, 5.41) is 15.4. The molecule has 0 amide bonds. The maximum atomic E-state index is 13.0. The first-order chi connectivity index (χ1) is 13.8. The van der Waals surface area contributed by atoms with Crippen molar-refractivity contribution < 1.29 is 13.3 Å². The SMILES string of the molecule is CN1CCN(S(=O)(=O)c2ccc(N3CCC(NC4CC4)CC3)c([N+](=O)[O-])c2)CC1. The van der Waals surface area contributed by atoms with Gasteiger partial charge in [0.15, 0.2) is 0 Å². The van der Waals surface area contributed by atoms with Gasteiger partial charge in [-0.3, -0.25) is 10.1 Å². The van der Waals surface area contributed by atoms with Gasteiger partial charge >= 0.3 is 0 Å². The van der Waals surface area contributed by atoms with Crippen molar-refractivity contribution in [2.75, 3.05) is 51.2 Å². The van der Waals surface area contributed by atoms with Gasteiger partial charge in [0.25, 0.3) is 5.69 Å². The van der Waals surface area contributed by atoms with Crippen LogP contribution in [0.25, 0.3) is 0 Å². The normalized spacial score (nSPS) is 22.7. The van der Waals surface area contributed by atoms with Crippen molar-refractivity contribution in [3.8, 4) is 0 Å². The highest BCUT2D eigenvalue weighted by Crippen LogP contribution is 2.34. The molecule has 0 aromatic heterocycles. The van der Waals surface area contributed by atoms with E-state index in [-0.39, 0.29) is 10.6 Å². The van der Waals surface area contributed by atoms with E-state index in [1.54, 1.807) is 6.07 Å². The summed E-state index contributed by atoms with van der Waals surface area (Å²) in [5.41, 5.74) is 0.381. The lowest BCUT2D eigenvalue weighted by atomic mass is 10.0. The zero-order valence-corrected chi connectivity index (χ0v) is 17.6. The average molecular weight is 424 g/mol. The first kappa shape index (κ1) is 20.5. The average Bonchev–Trinajstić information content (AvgIpc) is 3.52. The second kappa shape index (κ2) is 8.17. The van der Waals surface area contributed by atoms with Crippen LogP contribution in [0.1, 0.15) is 25.7 Å². The van der Waals surface area contributed by atoms with E-state index in [0.717, 1.165) is 25.9 Å². The highest BCUT2D eigenvalue weighted by Gasteiger charge is 2.32. The molecule has 0 radical (unpaired) electrons. The number of benzene rings is 1. The molecule has 1 aromatic rings. The van der Waals surface area contributed by atoms with Crippen LogP contribution in [0.4, 0.5) is 11.4 Å². The maximum Gasteiger partial charge on any atom is 0.293 e. The van der Waals surface area contributed by atoms with Crippen LogP contribution >= 0.6 is 0 Å². The molecule has 1 N–H and O–H groups in total. The zero-order chi connectivity index (χ0) is 20.6. The lowest BCUT2D eigenvalue weighted by Crippen LogP contribution is -2.47. The molecule has 0 unspecified atom stereocenters. The number of nitrogens with one attached hydrogen (secondary N) is 1. The van der Waals surface area contributed by atoms with Crippen molar-refractivity contribution >= 4 is 21.4 Å². The topological polar surface area (TPSA) is 99.0 Å². The van der Waals surface area contributed by atoms with Crippen molar-refractivity contribution in [3.05, 3.63) is 28.3 Å². The smallest absolute Gasteiger partial charge is 0.293 e. The number of piperazine rings is 1. The summed E-state index contributed by atoms with van der Waals surface area (Å²) in [7, 11) is -1.78. The Kier molecular flexibility index (Phi) is 5.78. The lowest BCUT2D eigenvalue weighted by molar-refractivity contribution is -0.384. The molecule has 10 heteroatoms. The Labute approximate surface area is 171 Å². The standard InChI is InChI=1S/C19H29N5O4S/c1-21-10-12-23(13-11-21)29(27,28)17-4-5-18(19(14-17)24(25)26)22-8-6-16(7-9-22)20-15-2-3-15/h4-5,14-16,20H,2-3,6-13H2,1H3. The van der Waals surface area contributed by atoms with E-state index in [1.807, 2.05) is 11.9 Å². The lowest BCUT2D eigenvalue weighted by Gasteiger charge is -2.34. The second-order valence-electron chi connectivity index (χ2n) is 8.32. The number of rotatable bonds is 6. The monoisotopic (exact) mass is 423 g/mol. The first-order valence-electron chi connectivity index (χ1n) is 10.3. The molecular formula is C19H29N5O4S. The van der Waals surface area contributed by atoms with E-state index >= 15 is 0 Å². The molecular weight excluding hydrogens is 394 g/mol. The number of hydrogen-bond donors (Lipinski definition) is 1. The molecule has 9 nitrogen and oxygen atoms in total. The Balaban J connectivity index is 1.52. The van der Waals surface area contributed by atoms with Gasteiger partial charge in [-0.2, -0.15) is 4.31 Å². The minimum Gasteiger partial charge on any atom is -0.366 e. The van der Waals surface area contributed by atoms with E-state index < -0.39 is 14.9 Å². The summed E-state index contributed by atoms with van der Waals surface area (Å²) >= 11 is 0. The van der Waals surface area contributed by atoms with Crippen LogP contribution in [0.5, 0.6) is 0 Å². The quantitative estimate of drug-likeness (QED) is 0.543. The van der Waals surface area contributed by atoms with Gasteiger partial charge in [-0.25, -0.2) is 8.42 Å². The minimum atomic E-state index is -3.73. The molecule has 1 saturated carbocycles. The highest BCUT2D eigenvalue weighted by atomic mass is 32.2. The number of sulfonamides is 1. The van der Waals surface area contributed by atoms with Crippen molar-refractivity contribution in [2.24, 2.45) is 0 Å². The Morgan fingerprint density at radius 1 is 1.00 bits per heavy atom. The Bertz CT molecular complexity index is 857. The first-order valence-corrected chi connectivity index (χ1v) is 11.8. The van der Waals surface area contributed by atoms with Gasteiger partial charge in [0, 0.05) is 57.4 Å². The molecule has 1 aliphatic carbocycles. The minimum absolute atomic E-state index is 0.00258. The van der Waals surface area contributed by atoms with Crippen LogP contribution in [-0.4, -0.2) is 80.9 Å². The summed E-state index contributed by atoms with van der Waals surface area (Å²) in [6, 6.07) is 5.48. The number of piperidine rings is 1. The van der Waals surface area contributed by atoms with Crippen molar-refractivity contribution in [1.29, 1.82) is 0 Å². The van der Waals surface area contributed by atoms with E-state index in [2.05, 4.69) is 10.2 Å². The van der Waals surface area contributed by atoms with Gasteiger partial charge in [0.1, 0.15) is 5.69 Å². The summed E-state index contributed by atoms with van der Waals surface area (Å²) in [6.07, 6.45) is 4.37. The molecule has 29 heavy (non-hydrogen) atoms. The van der Waals surface area contributed by atoms with E-state index in [9.17, 15) is 18.5 Å². The molecule has 2 heterocycles. The van der Waals surface area contributed by atoms with Gasteiger partial charge in [-0.05, 0) is 44.9 Å². The molecule has 160 valence electrons. The predicted molar refractivity (Wildman–Crippen MR) is 111 cm³/mol. The summed E-state index contributed by atoms with van der Waals surface area (Å²) in [6.45, 7) is 3.57. The van der Waals surface area contributed by atoms with Crippen LogP contribution in [0.2, 0.25) is 0 Å². The van der Waals surface area contributed by atoms with E-state index in [4.69, 9.17) is 0 Å². The molecule has 0 atom stereocenters. The molecule has 0 spiro atoms. The van der Waals surface area contributed by atoms with Crippen molar-refractivity contribution in [2.45, 2.75) is 42.7 Å². The zero-order valence-electron chi connectivity index (χ0n) is 16.8. The largest absolute Gasteiger partial charge is 0.366 e. The summed E-state index contributed by atoms with van der Waals surface area (Å²) in [5.74, 6) is 0. The van der Waals surface area contributed by atoms with Crippen molar-refractivity contribution in [3.63, 3.8) is 0 Å². The summed E-state index contributed by atoms with van der Waals surface area (Å²) in [4.78, 5) is 15.3.